The van der Waals surface area contributed by atoms with E-state index in [-0.39, 0.29) is 17.7 Å². The molecule has 0 radical (unpaired) electrons. The Hall–Kier alpha value is -0.230. The summed E-state index contributed by atoms with van der Waals surface area (Å²) in [6.45, 7) is 1.71. The number of hydrogen-bond donors (Lipinski definition) is 1. The fraction of sp³-hybridized carbons (Fsp3) is 0.500. The molecule has 84 valence electrons. The van der Waals surface area contributed by atoms with Crippen molar-refractivity contribution in [3.63, 3.8) is 0 Å². The Labute approximate surface area is 102 Å². The number of halogens is 2. The minimum Gasteiger partial charge on any atom is -0.315 e. The number of aromatic nitrogens is 2. The molecule has 15 heavy (non-hydrogen) atoms. The summed E-state index contributed by atoms with van der Waals surface area (Å²) in [5.41, 5.74) is 0. The van der Waals surface area contributed by atoms with Crippen LogP contribution in [0.3, 0.4) is 0 Å². The predicted octanol–water partition coefficient (Wildman–Crippen LogP) is 1.02. The predicted molar refractivity (Wildman–Crippen MR) is 62.0 cm³/mol. The molecule has 2 atom stereocenters. The van der Waals surface area contributed by atoms with Crippen molar-refractivity contribution in [3.05, 3.63) is 17.5 Å². The zero-order chi connectivity index (χ0) is 9.97. The molecule has 1 saturated heterocycles. The van der Waals surface area contributed by atoms with Crippen molar-refractivity contribution in [1.29, 1.82) is 0 Å². The van der Waals surface area contributed by atoms with E-state index >= 15 is 0 Å². The van der Waals surface area contributed by atoms with Gasteiger partial charge in [-0.1, -0.05) is 11.6 Å². The van der Waals surface area contributed by atoms with Gasteiger partial charge in [0, 0.05) is 12.6 Å². The summed E-state index contributed by atoms with van der Waals surface area (Å²) >= 11 is 5.69. The molecule has 0 amide bonds. The smallest absolute Gasteiger partial charge is 0.133 e. The molecular formula is C8H11Cl2N3OS. The van der Waals surface area contributed by atoms with Gasteiger partial charge in [0.15, 0.2) is 0 Å². The van der Waals surface area contributed by atoms with Gasteiger partial charge in [-0.3, -0.25) is 4.21 Å². The van der Waals surface area contributed by atoms with Crippen molar-refractivity contribution >= 4 is 34.8 Å². The van der Waals surface area contributed by atoms with Gasteiger partial charge in [-0.2, -0.15) is 0 Å². The van der Waals surface area contributed by atoms with Gasteiger partial charge >= 0.3 is 0 Å². The van der Waals surface area contributed by atoms with Crippen LogP contribution < -0.4 is 5.32 Å². The Bertz CT molecular complexity index is 357. The third-order valence-corrected chi connectivity index (χ3v) is 3.98. The first kappa shape index (κ1) is 12.8. The lowest BCUT2D eigenvalue weighted by Gasteiger charge is -2.06. The Balaban J connectivity index is 0.00000112. The zero-order valence-corrected chi connectivity index (χ0v) is 10.2. The van der Waals surface area contributed by atoms with Gasteiger partial charge < -0.3 is 5.32 Å². The lowest BCUT2D eigenvalue weighted by molar-refractivity contribution is 0.669. The SMILES string of the molecule is Cl.O=S(c1cc(Cl)ncn1)C1CCNC1. The van der Waals surface area contributed by atoms with E-state index in [0.29, 0.717) is 10.2 Å². The van der Waals surface area contributed by atoms with Crippen LogP contribution in [0.1, 0.15) is 6.42 Å². The molecule has 0 spiro atoms. The molecule has 2 unspecified atom stereocenters. The Morgan fingerprint density at radius 1 is 1.53 bits per heavy atom. The van der Waals surface area contributed by atoms with E-state index in [0.717, 1.165) is 19.5 Å². The van der Waals surface area contributed by atoms with E-state index in [2.05, 4.69) is 15.3 Å². The molecular weight excluding hydrogens is 257 g/mol. The highest BCUT2D eigenvalue weighted by molar-refractivity contribution is 7.85. The van der Waals surface area contributed by atoms with Crippen molar-refractivity contribution in [3.8, 4) is 0 Å². The first-order valence-electron chi connectivity index (χ1n) is 4.36. The fourth-order valence-electron chi connectivity index (χ4n) is 1.41. The summed E-state index contributed by atoms with van der Waals surface area (Å²) in [6.07, 6.45) is 2.27. The molecule has 1 aliphatic rings. The summed E-state index contributed by atoms with van der Waals surface area (Å²) in [5, 5.41) is 4.19. The largest absolute Gasteiger partial charge is 0.315 e. The van der Waals surface area contributed by atoms with Crippen molar-refractivity contribution in [2.24, 2.45) is 0 Å². The van der Waals surface area contributed by atoms with Crippen LogP contribution in [0.2, 0.25) is 5.15 Å². The minimum absolute atomic E-state index is 0. The molecule has 1 fully saturated rings. The topological polar surface area (TPSA) is 54.9 Å². The minimum atomic E-state index is -1.07. The van der Waals surface area contributed by atoms with Gasteiger partial charge in [-0.15, -0.1) is 12.4 Å². The van der Waals surface area contributed by atoms with Crippen molar-refractivity contribution in [1.82, 2.24) is 15.3 Å². The molecule has 2 heterocycles. The first-order chi connectivity index (χ1) is 6.77. The third kappa shape index (κ3) is 3.11. The number of nitrogens with one attached hydrogen (secondary N) is 1. The Kier molecular flexibility index (Phi) is 4.92. The molecule has 1 N–H and O–H groups in total. The van der Waals surface area contributed by atoms with E-state index in [9.17, 15) is 4.21 Å². The van der Waals surface area contributed by atoms with E-state index in [1.807, 2.05) is 0 Å². The van der Waals surface area contributed by atoms with E-state index in [4.69, 9.17) is 11.6 Å². The first-order valence-corrected chi connectivity index (χ1v) is 5.95. The highest BCUT2D eigenvalue weighted by atomic mass is 35.5. The molecule has 1 aromatic rings. The van der Waals surface area contributed by atoms with Gasteiger partial charge in [0.05, 0.1) is 16.0 Å². The number of rotatable bonds is 2. The van der Waals surface area contributed by atoms with Crippen LogP contribution in [0.4, 0.5) is 0 Å². The fourth-order valence-corrected chi connectivity index (χ4v) is 2.94. The highest BCUT2D eigenvalue weighted by Crippen LogP contribution is 2.15. The summed E-state index contributed by atoms with van der Waals surface area (Å²) < 4.78 is 11.9. The zero-order valence-electron chi connectivity index (χ0n) is 7.85. The van der Waals surface area contributed by atoms with Gasteiger partial charge in [-0.25, -0.2) is 9.97 Å². The van der Waals surface area contributed by atoms with Crippen molar-refractivity contribution in [2.75, 3.05) is 13.1 Å². The maximum Gasteiger partial charge on any atom is 0.133 e. The van der Waals surface area contributed by atoms with Crippen LogP contribution >= 0.6 is 24.0 Å². The Morgan fingerprint density at radius 3 is 2.93 bits per heavy atom. The van der Waals surface area contributed by atoms with Crippen LogP contribution in [0.25, 0.3) is 0 Å². The second-order valence-corrected chi connectivity index (χ2v) is 5.16. The maximum atomic E-state index is 11.9. The van der Waals surface area contributed by atoms with Crippen LogP contribution in [-0.4, -0.2) is 32.5 Å². The summed E-state index contributed by atoms with van der Waals surface area (Å²) in [5.74, 6) is 0. The third-order valence-electron chi connectivity index (χ3n) is 2.13. The van der Waals surface area contributed by atoms with E-state index in [1.165, 1.54) is 6.33 Å². The molecule has 0 aliphatic carbocycles. The van der Waals surface area contributed by atoms with Gasteiger partial charge in [-0.05, 0) is 13.0 Å². The second-order valence-electron chi connectivity index (χ2n) is 3.09. The molecule has 0 bridgehead atoms. The van der Waals surface area contributed by atoms with Gasteiger partial charge in [0.1, 0.15) is 16.5 Å². The molecule has 0 saturated carbocycles. The molecule has 7 heteroatoms. The monoisotopic (exact) mass is 267 g/mol. The van der Waals surface area contributed by atoms with E-state index in [1.54, 1.807) is 6.07 Å². The maximum absolute atomic E-state index is 11.9. The lowest BCUT2D eigenvalue weighted by Crippen LogP contribution is -2.19. The summed E-state index contributed by atoms with van der Waals surface area (Å²) in [4.78, 5) is 7.71. The van der Waals surface area contributed by atoms with Gasteiger partial charge in [0.2, 0.25) is 0 Å². The van der Waals surface area contributed by atoms with Crippen LogP contribution in [0.5, 0.6) is 0 Å². The number of nitrogens with zero attached hydrogens (tertiary/aromatic N) is 2. The molecule has 1 aliphatic heterocycles. The van der Waals surface area contributed by atoms with Gasteiger partial charge in [0.25, 0.3) is 0 Å². The van der Waals surface area contributed by atoms with E-state index < -0.39 is 10.8 Å². The normalized spacial score (nSPS) is 22.1. The molecule has 0 aromatic carbocycles. The molecule has 1 aromatic heterocycles. The van der Waals surface area contributed by atoms with Crippen molar-refractivity contribution < 1.29 is 4.21 Å². The number of hydrogen-bond acceptors (Lipinski definition) is 4. The van der Waals surface area contributed by atoms with Crippen LogP contribution in [0.15, 0.2) is 17.4 Å². The molecule has 2 rings (SSSR count). The average molecular weight is 268 g/mol. The highest BCUT2D eigenvalue weighted by Gasteiger charge is 2.23. The van der Waals surface area contributed by atoms with Crippen LogP contribution in [-0.2, 0) is 10.8 Å². The molecule has 4 nitrogen and oxygen atoms in total. The van der Waals surface area contributed by atoms with Crippen molar-refractivity contribution in [2.45, 2.75) is 16.7 Å². The second kappa shape index (κ2) is 5.75. The lowest BCUT2D eigenvalue weighted by atomic mass is 10.4. The summed E-state index contributed by atoms with van der Waals surface area (Å²) in [6, 6.07) is 1.57. The Morgan fingerprint density at radius 2 is 2.33 bits per heavy atom. The quantitative estimate of drug-likeness (QED) is 0.814. The average Bonchev–Trinajstić information content (AvgIpc) is 2.69. The summed E-state index contributed by atoms with van der Waals surface area (Å²) in [7, 11) is -1.07. The standard InChI is InChI=1S/C8H10ClN3OS.ClH/c9-7-3-8(12-5-11-7)14(13)6-1-2-10-4-6;/h3,5-6,10H,1-2,4H2;1H. The van der Waals surface area contributed by atoms with Crippen LogP contribution in [0, 0.1) is 0 Å².